The van der Waals surface area contributed by atoms with Gasteiger partial charge < -0.3 is 4.74 Å². The SMILES string of the molecule is Clc1ccc(Br)c(OCC2CC2)n1. The Balaban J connectivity index is 2.03. The maximum atomic E-state index is 5.74. The number of ether oxygens (including phenoxy) is 1. The number of rotatable bonds is 3. The first kappa shape index (κ1) is 9.28. The van der Waals surface area contributed by atoms with Crippen LogP contribution in [0.15, 0.2) is 16.6 Å². The van der Waals surface area contributed by atoms with E-state index in [1.54, 1.807) is 6.07 Å². The number of halogens is 2. The average Bonchev–Trinajstić information content (AvgIpc) is 2.90. The molecule has 1 heterocycles. The summed E-state index contributed by atoms with van der Waals surface area (Å²) in [6, 6.07) is 3.58. The highest BCUT2D eigenvalue weighted by Gasteiger charge is 2.22. The lowest BCUT2D eigenvalue weighted by Gasteiger charge is -2.05. The fourth-order valence-corrected chi connectivity index (χ4v) is 1.46. The van der Waals surface area contributed by atoms with Crippen LogP contribution in [0.3, 0.4) is 0 Å². The largest absolute Gasteiger partial charge is 0.477 e. The number of hydrogen-bond donors (Lipinski definition) is 0. The van der Waals surface area contributed by atoms with Gasteiger partial charge in [-0.3, -0.25) is 0 Å². The maximum absolute atomic E-state index is 5.74. The van der Waals surface area contributed by atoms with E-state index in [4.69, 9.17) is 16.3 Å². The van der Waals surface area contributed by atoms with E-state index in [0.29, 0.717) is 11.0 Å². The average molecular weight is 263 g/mol. The Morgan fingerprint density at radius 1 is 1.54 bits per heavy atom. The molecule has 70 valence electrons. The van der Waals surface area contributed by atoms with Gasteiger partial charge >= 0.3 is 0 Å². The third-order valence-corrected chi connectivity index (χ3v) is 2.75. The molecule has 0 atom stereocenters. The Morgan fingerprint density at radius 3 is 3.00 bits per heavy atom. The van der Waals surface area contributed by atoms with E-state index in [-0.39, 0.29) is 0 Å². The van der Waals surface area contributed by atoms with Crippen molar-refractivity contribution in [3.63, 3.8) is 0 Å². The monoisotopic (exact) mass is 261 g/mol. The molecule has 1 aliphatic carbocycles. The zero-order valence-corrected chi connectivity index (χ0v) is 9.31. The molecule has 0 spiro atoms. The first-order valence-corrected chi connectivity index (χ1v) is 5.37. The molecule has 0 unspecified atom stereocenters. The van der Waals surface area contributed by atoms with Crippen LogP contribution in [0.25, 0.3) is 0 Å². The third kappa shape index (κ3) is 2.58. The highest BCUT2D eigenvalue weighted by molar-refractivity contribution is 9.10. The van der Waals surface area contributed by atoms with Crippen LogP contribution >= 0.6 is 27.5 Å². The van der Waals surface area contributed by atoms with E-state index < -0.39 is 0 Å². The predicted octanol–water partition coefficient (Wildman–Crippen LogP) is 3.29. The van der Waals surface area contributed by atoms with Gasteiger partial charge in [-0.05, 0) is 46.8 Å². The van der Waals surface area contributed by atoms with Crippen molar-refractivity contribution in [2.45, 2.75) is 12.8 Å². The molecule has 13 heavy (non-hydrogen) atoms. The van der Waals surface area contributed by atoms with Gasteiger partial charge in [0.15, 0.2) is 0 Å². The molecule has 0 radical (unpaired) electrons. The summed E-state index contributed by atoms with van der Waals surface area (Å²) in [5.74, 6) is 1.33. The predicted molar refractivity (Wildman–Crippen MR) is 55.2 cm³/mol. The van der Waals surface area contributed by atoms with Crippen molar-refractivity contribution in [3.05, 3.63) is 21.8 Å². The van der Waals surface area contributed by atoms with Crippen LogP contribution < -0.4 is 4.74 Å². The van der Waals surface area contributed by atoms with Crippen LogP contribution in [0.4, 0.5) is 0 Å². The van der Waals surface area contributed by atoms with Crippen molar-refractivity contribution < 1.29 is 4.74 Å². The topological polar surface area (TPSA) is 22.1 Å². The summed E-state index contributed by atoms with van der Waals surface area (Å²) < 4.78 is 6.36. The Morgan fingerprint density at radius 2 is 2.31 bits per heavy atom. The highest BCUT2D eigenvalue weighted by Crippen LogP contribution is 2.31. The van der Waals surface area contributed by atoms with E-state index in [2.05, 4.69) is 20.9 Å². The third-order valence-electron chi connectivity index (χ3n) is 1.93. The van der Waals surface area contributed by atoms with Crippen molar-refractivity contribution in [3.8, 4) is 5.88 Å². The van der Waals surface area contributed by atoms with Crippen LogP contribution in [0.2, 0.25) is 5.15 Å². The fourth-order valence-electron chi connectivity index (χ4n) is 0.983. The van der Waals surface area contributed by atoms with Gasteiger partial charge in [0.05, 0.1) is 11.1 Å². The number of aromatic nitrogens is 1. The summed E-state index contributed by atoms with van der Waals surface area (Å²) in [5.41, 5.74) is 0. The Labute approximate surface area is 90.4 Å². The summed E-state index contributed by atoms with van der Waals surface area (Å²) in [6.07, 6.45) is 2.55. The van der Waals surface area contributed by atoms with Crippen molar-refractivity contribution in [1.82, 2.24) is 4.98 Å². The molecule has 1 aromatic rings. The second-order valence-corrected chi connectivity index (χ2v) is 4.42. The maximum Gasteiger partial charge on any atom is 0.229 e. The zero-order valence-electron chi connectivity index (χ0n) is 6.96. The Hall–Kier alpha value is -0.280. The van der Waals surface area contributed by atoms with Crippen LogP contribution in [-0.2, 0) is 0 Å². The van der Waals surface area contributed by atoms with Crippen molar-refractivity contribution >= 4 is 27.5 Å². The quantitative estimate of drug-likeness (QED) is 0.780. The molecule has 1 aliphatic rings. The minimum absolute atomic E-state index is 0.467. The van der Waals surface area contributed by atoms with E-state index in [9.17, 15) is 0 Å². The van der Waals surface area contributed by atoms with Gasteiger partial charge in [0.1, 0.15) is 5.15 Å². The van der Waals surface area contributed by atoms with Gasteiger partial charge in [0.2, 0.25) is 5.88 Å². The lowest BCUT2D eigenvalue weighted by molar-refractivity contribution is 0.286. The van der Waals surface area contributed by atoms with Gasteiger partial charge in [-0.1, -0.05) is 11.6 Å². The molecule has 0 bridgehead atoms. The molecule has 0 N–H and O–H groups in total. The molecule has 1 aromatic heterocycles. The molecule has 0 aromatic carbocycles. The lowest BCUT2D eigenvalue weighted by atomic mass is 10.4. The molecule has 0 amide bonds. The summed E-state index contributed by atoms with van der Waals surface area (Å²) >= 11 is 9.09. The molecule has 0 aliphatic heterocycles. The minimum atomic E-state index is 0.467. The molecule has 0 saturated heterocycles. The van der Waals surface area contributed by atoms with Crippen molar-refractivity contribution in [1.29, 1.82) is 0 Å². The number of hydrogen-bond acceptors (Lipinski definition) is 2. The van der Waals surface area contributed by atoms with Gasteiger partial charge in [-0.25, -0.2) is 4.98 Å². The smallest absolute Gasteiger partial charge is 0.229 e. The molecular formula is C9H9BrClNO. The lowest BCUT2D eigenvalue weighted by Crippen LogP contribution is -2.01. The summed E-state index contributed by atoms with van der Waals surface area (Å²) in [7, 11) is 0. The Kier molecular flexibility index (Phi) is 2.74. The van der Waals surface area contributed by atoms with Gasteiger partial charge in [-0.2, -0.15) is 0 Å². The van der Waals surface area contributed by atoms with Crippen LogP contribution in [-0.4, -0.2) is 11.6 Å². The second-order valence-electron chi connectivity index (χ2n) is 3.18. The Bertz CT molecular complexity index is 314. The van der Waals surface area contributed by atoms with Crippen LogP contribution in [0.1, 0.15) is 12.8 Å². The molecule has 1 fully saturated rings. The van der Waals surface area contributed by atoms with Crippen LogP contribution in [0.5, 0.6) is 5.88 Å². The molecule has 2 nitrogen and oxygen atoms in total. The van der Waals surface area contributed by atoms with Crippen molar-refractivity contribution in [2.75, 3.05) is 6.61 Å². The summed E-state index contributed by atoms with van der Waals surface area (Å²) in [4.78, 5) is 4.07. The number of nitrogens with zero attached hydrogens (tertiary/aromatic N) is 1. The first-order chi connectivity index (χ1) is 6.25. The van der Waals surface area contributed by atoms with Gasteiger partial charge in [0, 0.05) is 0 Å². The molecule has 4 heteroatoms. The van der Waals surface area contributed by atoms with Crippen LogP contribution in [0, 0.1) is 5.92 Å². The second kappa shape index (κ2) is 3.84. The number of pyridine rings is 1. The van der Waals surface area contributed by atoms with E-state index in [1.165, 1.54) is 12.8 Å². The summed E-state index contributed by atoms with van der Waals surface area (Å²) in [5, 5.41) is 0.467. The molecule has 1 saturated carbocycles. The van der Waals surface area contributed by atoms with Gasteiger partial charge in [-0.15, -0.1) is 0 Å². The van der Waals surface area contributed by atoms with E-state index in [0.717, 1.165) is 17.0 Å². The standard InChI is InChI=1S/C9H9BrClNO/c10-7-3-4-8(11)12-9(7)13-5-6-1-2-6/h3-4,6H,1-2,5H2. The zero-order chi connectivity index (χ0) is 9.26. The first-order valence-electron chi connectivity index (χ1n) is 4.20. The fraction of sp³-hybridized carbons (Fsp3) is 0.444. The van der Waals surface area contributed by atoms with E-state index >= 15 is 0 Å². The highest BCUT2D eigenvalue weighted by atomic mass is 79.9. The molecule has 2 rings (SSSR count). The van der Waals surface area contributed by atoms with E-state index in [1.807, 2.05) is 6.07 Å². The minimum Gasteiger partial charge on any atom is -0.477 e. The summed E-state index contributed by atoms with van der Waals surface area (Å²) in [6.45, 7) is 0.756. The molecular weight excluding hydrogens is 253 g/mol. The van der Waals surface area contributed by atoms with Crippen molar-refractivity contribution in [2.24, 2.45) is 5.92 Å². The normalized spacial score (nSPS) is 15.8. The van der Waals surface area contributed by atoms with Gasteiger partial charge in [0.25, 0.3) is 0 Å².